The molecule has 0 aliphatic carbocycles. The Hall–Kier alpha value is -4.46. The van der Waals surface area contributed by atoms with Crippen molar-refractivity contribution in [2.24, 2.45) is 0 Å². The van der Waals surface area contributed by atoms with Gasteiger partial charge in [0, 0.05) is 17.1 Å². The monoisotopic (exact) mass is 415 g/mol. The molecule has 4 aromatic rings. The fourth-order valence-electron chi connectivity index (χ4n) is 3.10. The predicted molar refractivity (Wildman–Crippen MR) is 115 cm³/mol. The zero-order valence-corrected chi connectivity index (χ0v) is 16.2. The van der Waals surface area contributed by atoms with Crippen LogP contribution in [0.3, 0.4) is 0 Å². The number of hydrogen-bond acceptors (Lipinski definition) is 5. The lowest BCUT2D eigenvalue weighted by Gasteiger charge is -2.11. The standard InChI is InChI=1S/C23H17N3O5/c27-20(24-15-7-6-10-17(13-15)31-16-8-2-1-3-9-16)14-26-22(28)19-12-5-4-11-18(19)21(25-26)23(29)30/h1-13H,14H2,(H,24,27)(H,29,30). The summed E-state index contributed by atoms with van der Waals surface area (Å²) in [6.45, 7) is -0.437. The van der Waals surface area contributed by atoms with Gasteiger partial charge in [-0.25, -0.2) is 9.48 Å². The summed E-state index contributed by atoms with van der Waals surface area (Å²) in [6.07, 6.45) is 0. The summed E-state index contributed by atoms with van der Waals surface area (Å²) in [6, 6.07) is 22.2. The van der Waals surface area contributed by atoms with Crippen molar-refractivity contribution in [3.05, 3.63) is 94.9 Å². The lowest BCUT2D eigenvalue weighted by Crippen LogP contribution is -2.31. The van der Waals surface area contributed by atoms with Gasteiger partial charge in [0.15, 0.2) is 5.69 Å². The third kappa shape index (κ3) is 4.43. The number of para-hydroxylation sites is 1. The number of nitrogens with one attached hydrogen (secondary N) is 1. The molecule has 0 unspecified atom stereocenters. The number of nitrogens with zero attached hydrogens (tertiary/aromatic N) is 2. The topological polar surface area (TPSA) is 111 Å². The molecular weight excluding hydrogens is 398 g/mol. The van der Waals surface area contributed by atoms with Gasteiger partial charge in [0.1, 0.15) is 18.0 Å². The van der Waals surface area contributed by atoms with Crippen LogP contribution in [0.4, 0.5) is 5.69 Å². The van der Waals surface area contributed by atoms with Gasteiger partial charge in [0.2, 0.25) is 5.91 Å². The van der Waals surface area contributed by atoms with Gasteiger partial charge in [-0.05, 0) is 30.3 Å². The van der Waals surface area contributed by atoms with Gasteiger partial charge >= 0.3 is 5.97 Å². The quantitative estimate of drug-likeness (QED) is 0.499. The number of carbonyl (C=O) groups excluding carboxylic acids is 1. The fraction of sp³-hybridized carbons (Fsp3) is 0.0435. The van der Waals surface area contributed by atoms with Crippen molar-refractivity contribution < 1.29 is 19.4 Å². The highest BCUT2D eigenvalue weighted by atomic mass is 16.5. The Bertz CT molecular complexity index is 1330. The number of aromatic nitrogens is 2. The van der Waals surface area contributed by atoms with Crippen molar-refractivity contribution in [3.8, 4) is 11.5 Å². The molecule has 3 aromatic carbocycles. The molecule has 2 N–H and O–H groups in total. The smallest absolute Gasteiger partial charge is 0.357 e. The molecule has 0 aliphatic heterocycles. The zero-order valence-electron chi connectivity index (χ0n) is 16.2. The lowest BCUT2D eigenvalue weighted by atomic mass is 10.1. The molecule has 1 aromatic heterocycles. The highest BCUT2D eigenvalue weighted by molar-refractivity contribution is 6.01. The Morgan fingerprint density at radius 1 is 0.903 bits per heavy atom. The molecule has 1 heterocycles. The van der Waals surface area contributed by atoms with Crippen molar-refractivity contribution >= 4 is 28.3 Å². The van der Waals surface area contributed by atoms with Crippen LogP contribution in [0.5, 0.6) is 11.5 Å². The molecule has 31 heavy (non-hydrogen) atoms. The van der Waals surface area contributed by atoms with Gasteiger partial charge in [0.05, 0.1) is 5.39 Å². The van der Waals surface area contributed by atoms with Crippen LogP contribution in [-0.2, 0) is 11.3 Å². The predicted octanol–water partition coefficient (Wildman–Crippen LogP) is 3.53. The highest BCUT2D eigenvalue weighted by Crippen LogP contribution is 2.23. The van der Waals surface area contributed by atoms with Crippen LogP contribution in [0.1, 0.15) is 10.5 Å². The van der Waals surface area contributed by atoms with Crippen molar-refractivity contribution in [1.82, 2.24) is 9.78 Å². The second-order valence-corrected chi connectivity index (χ2v) is 6.65. The van der Waals surface area contributed by atoms with E-state index in [1.54, 1.807) is 36.4 Å². The van der Waals surface area contributed by atoms with Crippen molar-refractivity contribution in [1.29, 1.82) is 0 Å². The number of carboxylic acid groups (broad SMARTS) is 1. The number of rotatable bonds is 6. The van der Waals surface area contributed by atoms with Crippen LogP contribution in [0.2, 0.25) is 0 Å². The number of carboxylic acids is 1. The summed E-state index contributed by atoms with van der Waals surface area (Å²) < 4.78 is 6.60. The minimum Gasteiger partial charge on any atom is -0.476 e. The Kier molecular flexibility index (Phi) is 5.44. The number of ether oxygens (including phenoxy) is 1. The number of benzene rings is 3. The van der Waals surface area contributed by atoms with Gasteiger partial charge in [-0.1, -0.05) is 42.5 Å². The molecule has 1 amide bonds. The highest BCUT2D eigenvalue weighted by Gasteiger charge is 2.17. The third-order valence-electron chi connectivity index (χ3n) is 4.46. The molecule has 0 atom stereocenters. The van der Waals surface area contributed by atoms with Crippen molar-refractivity contribution in [2.75, 3.05) is 5.32 Å². The molecule has 4 rings (SSSR count). The second kappa shape index (κ2) is 8.50. The average Bonchev–Trinajstić information content (AvgIpc) is 2.76. The Labute approximate surface area is 176 Å². The molecule has 0 saturated heterocycles. The van der Waals surface area contributed by atoms with Crippen LogP contribution < -0.4 is 15.6 Å². The van der Waals surface area contributed by atoms with Gasteiger partial charge < -0.3 is 15.2 Å². The van der Waals surface area contributed by atoms with Crippen LogP contribution in [0, 0.1) is 0 Å². The molecule has 0 bridgehead atoms. The first-order chi connectivity index (χ1) is 15.0. The Morgan fingerprint density at radius 2 is 1.58 bits per heavy atom. The van der Waals surface area contributed by atoms with Crippen LogP contribution in [-0.4, -0.2) is 26.8 Å². The zero-order chi connectivity index (χ0) is 21.8. The van der Waals surface area contributed by atoms with E-state index in [2.05, 4.69) is 10.4 Å². The first-order valence-corrected chi connectivity index (χ1v) is 9.37. The Morgan fingerprint density at radius 3 is 2.32 bits per heavy atom. The van der Waals surface area contributed by atoms with E-state index in [0.717, 1.165) is 4.68 Å². The third-order valence-corrected chi connectivity index (χ3v) is 4.46. The van der Waals surface area contributed by atoms with E-state index >= 15 is 0 Å². The Balaban J connectivity index is 1.55. The summed E-state index contributed by atoms with van der Waals surface area (Å²) in [4.78, 5) is 36.7. The number of fused-ring (bicyclic) bond motifs is 1. The van der Waals surface area contributed by atoms with Gasteiger partial charge in [-0.2, -0.15) is 5.10 Å². The van der Waals surface area contributed by atoms with E-state index in [4.69, 9.17) is 4.74 Å². The molecule has 0 aliphatic rings. The van der Waals surface area contributed by atoms with E-state index in [9.17, 15) is 19.5 Å². The molecular formula is C23H17N3O5. The van der Waals surface area contributed by atoms with E-state index in [1.807, 2.05) is 30.3 Å². The molecule has 0 spiro atoms. The normalized spacial score (nSPS) is 10.6. The second-order valence-electron chi connectivity index (χ2n) is 6.65. The van der Waals surface area contributed by atoms with Gasteiger partial charge in [0.25, 0.3) is 5.56 Å². The van der Waals surface area contributed by atoms with E-state index in [0.29, 0.717) is 17.2 Å². The van der Waals surface area contributed by atoms with E-state index in [1.165, 1.54) is 12.1 Å². The molecule has 0 fully saturated rings. The lowest BCUT2D eigenvalue weighted by molar-refractivity contribution is -0.117. The minimum absolute atomic E-state index is 0.181. The summed E-state index contributed by atoms with van der Waals surface area (Å²) >= 11 is 0. The van der Waals surface area contributed by atoms with Crippen LogP contribution >= 0.6 is 0 Å². The molecule has 0 saturated carbocycles. The SMILES string of the molecule is O=C(Cn1nc(C(=O)O)c2ccccc2c1=O)Nc1cccc(Oc2ccccc2)c1. The number of hydrogen-bond donors (Lipinski definition) is 2. The van der Waals surface area contributed by atoms with E-state index in [-0.39, 0.29) is 16.5 Å². The number of anilines is 1. The summed E-state index contributed by atoms with van der Waals surface area (Å²) in [7, 11) is 0. The van der Waals surface area contributed by atoms with Crippen LogP contribution in [0.25, 0.3) is 10.8 Å². The molecule has 8 nitrogen and oxygen atoms in total. The first kappa shape index (κ1) is 19.8. The maximum atomic E-state index is 12.7. The molecule has 0 radical (unpaired) electrons. The van der Waals surface area contributed by atoms with Gasteiger partial charge in [-0.15, -0.1) is 0 Å². The molecule has 8 heteroatoms. The first-order valence-electron chi connectivity index (χ1n) is 9.37. The fourth-order valence-corrected chi connectivity index (χ4v) is 3.10. The summed E-state index contributed by atoms with van der Waals surface area (Å²) in [5.41, 5.74) is -0.371. The number of amides is 1. The van der Waals surface area contributed by atoms with E-state index < -0.39 is 24.0 Å². The average molecular weight is 415 g/mol. The molecule has 154 valence electrons. The maximum absolute atomic E-state index is 12.7. The van der Waals surface area contributed by atoms with Crippen molar-refractivity contribution in [2.45, 2.75) is 6.54 Å². The number of carbonyl (C=O) groups is 2. The minimum atomic E-state index is -1.28. The van der Waals surface area contributed by atoms with Gasteiger partial charge in [-0.3, -0.25) is 9.59 Å². The van der Waals surface area contributed by atoms with Crippen molar-refractivity contribution in [3.63, 3.8) is 0 Å². The maximum Gasteiger partial charge on any atom is 0.357 e. The summed E-state index contributed by atoms with van der Waals surface area (Å²) in [5.74, 6) is -0.633. The van der Waals surface area contributed by atoms with Crippen LogP contribution in [0.15, 0.2) is 83.7 Å². The number of aromatic carboxylic acids is 1. The summed E-state index contributed by atoms with van der Waals surface area (Å²) in [5, 5.41) is 16.4. The largest absolute Gasteiger partial charge is 0.476 e.